The number of aromatic nitrogens is 2. The van der Waals surface area contributed by atoms with E-state index in [0.717, 1.165) is 5.52 Å². The molecule has 3 aromatic rings. The molecular formula is C15H13N3O3S. The molecule has 6 nitrogen and oxygen atoms in total. The Morgan fingerprint density at radius 3 is 2.77 bits per heavy atom. The molecule has 0 unspecified atom stereocenters. The monoisotopic (exact) mass is 315 g/mol. The van der Waals surface area contributed by atoms with Crippen LogP contribution in [0.25, 0.3) is 5.52 Å². The van der Waals surface area contributed by atoms with Gasteiger partial charge in [0.05, 0.1) is 16.1 Å². The quantitative estimate of drug-likeness (QED) is 0.749. The van der Waals surface area contributed by atoms with E-state index < -0.39 is 10.0 Å². The molecule has 0 bridgehead atoms. The average Bonchev–Trinajstić information content (AvgIpc) is 2.94. The predicted octanol–water partition coefficient (Wildman–Crippen LogP) is 2.34. The smallest absolute Gasteiger partial charge is 0.261 e. The molecule has 7 heteroatoms. The maximum absolute atomic E-state index is 12.4. The number of carbonyl (C=O) groups excluding carboxylic acids is 1. The summed E-state index contributed by atoms with van der Waals surface area (Å²) < 4.78 is 28.9. The zero-order valence-electron chi connectivity index (χ0n) is 11.7. The Kier molecular flexibility index (Phi) is 3.42. The SMILES string of the molecule is CC(=O)c1cccc(S(=O)(=O)Nc2ccn3nccc3c2)c1. The van der Waals surface area contributed by atoms with Crippen molar-refractivity contribution in [2.45, 2.75) is 11.8 Å². The lowest BCUT2D eigenvalue weighted by Gasteiger charge is -2.09. The predicted molar refractivity (Wildman–Crippen MR) is 82.4 cm³/mol. The summed E-state index contributed by atoms with van der Waals surface area (Å²) in [4.78, 5) is 11.4. The van der Waals surface area contributed by atoms with Crippen LogP contribution in [0.5, 0.6) is 0 Å². The first kappa shape index (κ1) is 14.3. The summed E-state index contributed by atoms with van der Waals surface area (Å²) in [6, 6.07) is 11.0. The largest absolute Gasteiger partial charge is 0.295 e. The van der Waals surface area contributed by atoms with Gasteiger partial charge in [-0.3, -0.25) is 9.52 Å². The molecule has 0 aliphatic carbocycles. The lowest BCUT2D eigenvalue weighted by molar-refractivity contribution is 0.101. The highest BCUT2D eigenvalue weighted by Gasteiger charge is 2.15. The molecule has 0 atom stereocenters. The van der Waals surface area contributed by atoms with Crippen molar-refractivity contribution in [3.05, 3.63) is 60.4 Å². The van der Waals surface area contributed by atoms with Crippen LogP contribution in [0.3, 0.4) is 0 Å². The second kappa shape index (κ2) is 5.27. The topological polar surface area (TPSA) is 80.5 Å². The average molecular weight is 315 g/mol. The highest BCUT2D eigenvalue weighted by atomic mass is 32.2. The minimum atomic E-state index is -3.75. The molecule has 0 radical (unpaired) electrons. The fraction of sp³-hybridized carbons (Fsp3) is 0.0667. The first-order valence-electron chi connectivity index (χ1n) is 6.53. The standard InChI is InChI=1S/C15H13N3O3S/c1-11(19)12-3-2-4-15(9-12)22(20,21)17-13-6-8-18-14(10-13)5-7-16-18/h2-10,17H,1H3. The van der Waals surface area contributed by atoms with Crippen LogP contribution in [0.2, 0.25) is 0 Å². The minimum absolute atomic E-state index is 0.0496. The van der Waals surface area contributed by atoms with Crippen molar-refractivity contribution in [3.63, 3.8) is 0 Å². The molecule has 0 amide bonds. The molecule has 3 rings (SSSR count). The Hall–Kier alpha value is -2.67. The number of sulfonamides is 1. The van der Waals surface area contributed by atoms with Crippen LogP contribution in [0.4, 0.5) is 5.69 Å². The minimum Gasteiger partial charge on any atom is -0.295 e. The van der Waals surface area contributed by atoms with E-state index in [1.54, 1.807) is 47.2 Å². The third-order valence-corrected chi connectivity index (χ3v) is 4.58. The number of anilines is 1. The summed E-state index contributed by atoms with van der Waals surface area (Å²) >= 11 is 0. The third kappa shape index (κ3) is 2.71. The number of nitrogens with one attached hydrogen (secondary N) is 1. The van der Waals surface area contributed by atoms with Gasteiger partial charge in [-0.25, -0.2) is 12.9 Å². The van der Waals surface area contributed by atoms with Crippen LogP contribution in [0.1, 0.15) is 17.3 Å². The highest BCUT2D eigenvalue weighted by Crippen LogP contribution is 2.18. The number of hydrogen-bond donors (Lipinski definition) is 1. The van der Waals surface area contributed by atoms with Gasteiger partial charge >= 0.3 is 0 Å². The van der Waals surface area contributed by atoms with Crippen LogP contribution in [-0.4, -0.2) is 23.8 Å². The molecule has 2 aromatic heterocycles. The Balaban J connectivity index is 1.95. The van der Waals surface area contributed by atoms with Crippen LogP contribution in [0.15, 0.2) is 59.8 Å². The molecule has 2 heterocycles. The van der Waals surface area contributed by atoms with Crippen molar-refractivity contribution in [2.24, 2.45) is 0 Å². The summed E-state index contributed by atoms with van der Waals surface area (Å²) in [6.07, 6.45) is 3.29. The van der Waals surface area contributed by atoms with Crippen molar-refractivity contribution in [3.8, 4) is 0 Å². The molecule has 1 aromatic carbocycles. The molecular weight excluding hydrogens is 302 g/mol. The maximum atomic E-state index is 12.4. The number of pyridine rings is 1. The van der Waals surface area contributed by atoms with Gasteiger partial charge in [-0.2, -0.15) is 5.10 Å². The van der Waals surface area contributed by atoms with E-state index in [9.17, 15) is 13.2 Å². The zero-order chi connectivity index (χ0) is 15.7. The number of rotatable bonds is 4. The molecule has 0 aliphatic rings. The van der Waals surface area contributed by atoms with E-state index >= 15 is 0 Å². The van der Waals surface area contributed by atoms with Gasteiger partial charge in [0.1, 0.15) is 0 Å². The fourth-order valence-corrected chi connectivity index (χ4v) is 3.18. The van der Waals surface area contributed by atoms with Crippen LogP contribution < -0.4 is 4.72 Å². The van der Waals surface area contributed by atoms with E-state index in [2.05, 4.69) is 9.82 Å². The van der Waals surface area contributed by atoms with Crippen molar-refractivity contribution in [1.29, 1.82) is 0 Å². The summed E-state index contributed by atoms with van der Waals surface area (Å²) in [6.45, 7) is 1.40. The van der Waals surface area contributed by atoms with Gasteiger partial charge < -0.3 is 0 Å². The molecule has 0 fully saturated rings. The molecule has 0 saturated heterocycles. The molecule has 112 valence electrons. The summed E-state index contributed by atoms with van der Waals surface area (Å²) in [5, 5.41) is 4.05. The first-order valence-corrected chi connectivity index (χ1v) is 8.01. The molecule has 22 heavy (non-hydrogen) atoms. The van der Waals surface area contributed by atoms with E-state index in [1.165, 1.54) is 19.1 Å². The third-order valence-electron chi connectivity index (χ3n) is 3.20. The maximum Gasteiger partial charge on any atom is 0.261 e. The van der Waals surface area contributed by atoms with Crippen LogP contribution in [-0.2, 0) is 10.0 Å². The Labute approximate surface area is 127 Å². The van der Waals surface area contributed by atoms with E-state index in [1.807, 2.05) is 0 Å². The lowest BCUT2D eigenvalue weighted by atomic mass is 10.2. The summed E-state index contributed by atoms with van der Waals surface area (Å²) in [5.74, 6) is -0.183. The number of carbonyl (C=O) groups is 1. The highest BCUT2D eigenvalue weighted by molar-refractivity contribution is 7.92. The van der Waals surface area contributed by atoms with Crippen molar-refractivity contribution in [1.82, 2.24) is 9.61 Å². The van der Waals surface area contributed by atoms with E-state index in [-0.39, 0.29) is 10.7 Å². The van der Waals surface area contributed by atoms with Gasteiger partial charge in [0, 0.05) is 18.0 Å². The second-order valence-electron chi connectivity index (χ2n) is 4.81. The van der Waals surface area contributed by atoms with Gasteiger partial charge in [0.2, 0.25) is 0 Å². The number of Topliss-reactive ketones (excluding diaryl/α,β-unsaturated/α-hetero) is 1. The van der Waals surface area contributed by atoms with Gasteiger partial charge in [-0.05, 0) is 37.3 Å². The Bertz CT molecular complexity index is 961. The number of hydrogen-bond acceptors (Lipinski definition) is 4. The summed E-state index contributed by atoms with van der Waals surface area (Å²) in [7, 11) is -3.75. The molecule has 0 saturated carbocycles. The molecule has 0 aliphatic heterocycles. The number of nitrogens with zero attached hydrogens (tertiary/aromatic N) is 2. The van der Waals surface area contributed by atoms with Gasteiger partial charge in [0.15, 0.2) is 5.78 Å². The summed E-state index contributed by atoms with van der Waals surface area (Å²) in [5.41, 5.74) is 1.56. The van der Waals surface area contributed by atoms with Crippen molar-refractivity contribution in [2.75, 3.05) is 4.72 Å². The number of ketones is 1. The Morgan fingerprint density at radius 2 is 2.00 bits per heavy atom. The van der Waals surface area contributed by atoms with Gasteiger partial charge in [-0.15, -0.1) is 0 Å². The normalized spacial score (nSPS) is 11.5. The van der Waals surface area contributed by atoms with Crippen molar-refractivity contribution < 1.29 is 13.2 Å². The molecule has 1 N–H and O–H groups in total. The second-order valence-corrected chi connectivity index (χ2v) is 6.49. The lowest BCUT2D eigenvalue weighted by Crippen LogP contribution is -2.13. The fourth-order valence-electron chi connectivity index (χ4n) is 2.08. The number of benzene rings is 1. The van der Waals surface area contributed by atoms with Gasteiger partial charge in [0.25, 0.3) is 10.0 Å². The Morgan fingerprint density at radius 1 is 1.18 bits per heavy atom. The van der Waals surface area contributed by atoms with E-state index in [4.69, 9.17) is 0 Å². The number of fused-ring (bicyclic) bond motifs is 1. The van der Waals surface area contributed by atoms with E-state index in [0.29, 0.717) is 11.3 Å². The zero-order valence-corrected chi connectivity index (χ0v) is 12.5. The first-order chi connectivity index (χ1) is 10.5. The van der Waals surface area contributed by atoms with Crippen LogP contribution in [0, 0.1) is 0 Å². The van der Waals surface area contributed by atoms with Crippen LogP contribution >= 0.6 is 0 Å². The van der Waals surface area contributed by atoms with Crippen molar-refractivity contribution >= 4 is 27.0 Å². The van der Waals surface area contributed by atoms with Gasteiger partial charge in [-0.1, -0.05) is 12.1 Å². The molecule has 0 spiro atoms.